The first kappa shape index (κ1) is 39.1. The molecule has 4 rings (SSSR count). The van der Waals surface area contributed by atoms with E-state index in [1.165, 1.54) is 35.2 Å². The molecule has 0 bridgehead atoms. The predicted molar refractivity (Wildman–Crippen MR) is 182 cm³/mol. The molecule has 1 aliphatic rings. The van der Waals surface area contributed by atoms with Crippen LogP contribution in [0, 0.1) is 11.7 Å². The highest BCUT2D eigenvalue weighted by Crippen LogP contribution is 2.31. The van der Waals surface area contributed by atoms with Gasteiger partial charge in [-0.1, -0.05) is 19.1 Å². The lowest BCUT2D eigenvalue weighted by Crippen LogP contribution is -2.47. The van der Waals surface area contributed by atoms with Crippen molar-refractivity contribution in [2.75, 3.05) is 38.1 Å². The number of alkyl halides is 3. The van der Waals surface area contributed by atoms with Gasteiger partial charge in [-0.2, -0.15) is 13.2 Å². The van der Waals surface area contributed by atoms with Gasteiger partial charge in [0.2, 0.25) is 0 Å². The molecule has 3 aromatic carbocycles. The highest BCUT2D eigenvalue weighted by atomic mass is 32.2. The van der Waals surface area contributed by atoms with Crippen molar-refractivity contribution in [2.24, 2.45) is 5.92 Å². The maximum atomic E-state index is 14.3. The second kappa shape index (κ2) is 17.0. The SMILES string of the molecule is C[C@H](CO)N1C[C@H](C)[C@H](CN(C)Cc2ccc(C(F)(F)F)cc2)OCCCC[C@H](C)Oc2ccc(NS(=O)(=O)c3ccc(F)cc3)cc2C1=O. The molecule has 0 radical (unpaired) electrons. The number of aliphatic hydroxyl groups is 1. The largest absolute Gasteiger partial charge is 0.490 e. The van der Waals surface area contributed by atoms with Crippen molar-refractivity contribution in [3.63, 3.8) is 0 Å². The summed E-state index contributed by atoms with van der Waals surface area (Å²) < 4.78 is 93.8. The minimum Gasteiger partial charge on any atom is -0.490 e. The van der Waals surface area contributed by atoms with Gasteiger partial charge >= 0.3 is 6.18 Å². The van der Waals surface area contributed by atoms with Gasteiger partial charge in [-0.3, -0.25) is 14.4 Å². The molecule has 0 aromatic heterocycles. The summed E-state index contributed by atoms with van der Waals surface area (Å²) in [7, 11) is -2.27. The predicted octanol–water partition coefficient (Wildman–Crippen LogP) is 6.57. The second-order valence-electron chi connectivity index (χ2n) is 13.0. The molecule has 2 N–H and O–H groups in total. The third-order valence-corrected chi connectivity index (χ3v) is 10.1. The number of nitrogens with one attached hydrogen (secondary N) is 1. The van der Waals surface area contributed by atoms with Crippen LogP contribution in [0.3, 0.4) is 0 Å². The lowest BCUT2D eigenvalue weighted by molar-refractivity contribution is -0.137. The third kappa shape index (κ3) is 10.6. The van der Waals surface area contributed by atoms with Gasteiger partial charge in [0.15, 0.2) is 0 Å². The normalized spacial score (nSPS) is 20.5. The van der Waals surface area contributed by atoms with Crippen molar-refractivity contribution >= 4 is 21.6 Å². The fourth-order valence-electron chi connectivity index (χ4n) is 5.76. The average molecular weight is 724 g/mol. The van der Waals surface area contributed by atoms with Gasteiger partial charge in [-0.05, 0) is 100 Å². The van der Waals surface area contributed by atoms with Crippen LogP contribution in [-0.2, 0) is 27.5 Å². The number of anilines is 1. The topological polar surface area (TPSA) is 108 Å². The third-order valence-electron chi connectivity index (χ3n) is 8.65. The minimum atomic E-state index is -4.42. The smallest absolute Gasteiger partial charge is 0.416 e. The number of rotatable bonds is 9. The first-order chi connectivity index (χ1) is 23.6. The number of carbonyl (C=O) groups excluding carboxylic acids is 1. The Morgan fingerprint density at radius 2 is 1.72 bits per heavy atom. The van der Waals surface area contributed by atoms with Crippen LogP contribution < -0.4 is 9.46 Å². The van der Waals surface area contributed by atoms with Crippen LogP contribution in [0.1, 0.15) is 61.5 Å². The van der Waals surface area contributed by atoms with Crippen molar-refractivity contribution in [2.45, 2.75) is 75.9 Å². The number of benzene rings is 3. The van der Waals surface area contributed by atoms with Crippen molar-refractivity contribution in [1.29, 1.82) is 0 Å². The number of sulfonamides is 1. The van der Waals surface area contributed by atoms with Crippen molar-refractivity contribution in [1.82, 2.24) is 9.80 Å². The number of hydrogen-bond donors (Lipinski definition) is 2. The Morgan fingerprint density at radius 1 is 1.04 bits per heavy atom. The Bertz CT molecular complexity index is 1670. The minimum absolute atomic E-state index is 0.0922. The molecule has 50 heavy (non-hydrogen) atoms. The quantitative estimate of drug-likeness (QED) is 0.241. The fraction of sp³-hybridized carbons (Fsp3) is 0.472. The van der Waals surface area contributed by atoms with E-state index in [4.69, 9.17) is 9.47 Å². The van der Waals surface area contributed by atoms with E-state index in [-0.39, 0.29) is 53.2 Å². The molecule has 0 fully saturated rings. The molecule has 0 unspecified atom stereocenters. The fourth-order valence-corrected chi connectivity index (χ4v) is 6.81. The number of halogens is 4. The van der Waals surface area contributed by atoms with E-state index in [0.717, 1.165) is 49.2 Å². The summed E-state index contributed by atoms with van der Waals surface area (Å²) in [5, 5.41) is 10.2. The van der Waals surface area contributed by atoms with Crippen molar-refractivity contribution < 1.29 is 45.4 Å². The Balaban J connectivity index is 1.61. The van der Waals surface area contributed by atoms with Gasteiger partial charge in [-0.15, -0.1) is 0 Å². The Kier molecular flexibility index (Phi) is 13.3. The summed E-state index contributed by atoms with van der Waals surface area (Å²) in [5.74, 6) is -1.07. The van der Waals surface area contributed by atoms with Gasteiger partial charge in [0, 0.05) is 37.8 Å². The highest BCUT2D eigenvalue weighted by Gasteiger charge is 2.32. The zero-order valence-electron chi connectivity index (χ0n) is 28.6. The van der Waals surface area contributed by atoms with Crippen LogP contribution >= 0.6 is 0 Å². The van der Waals surface area contributed by atoms with Crippen LogP contribution in [0.4, 0.5) is 23.2 Å². The van der Waals surface area contributed by atoms with E-state index >= 15 is 0 Å². The maximum Gasteiger partial charge on any atom is 0.416 e. The molecular weight excluding hydrogens is 678 g/mol. The number of aliphatic hydroxyl groups excluding tert-OH is 1. The van der Waals surface area contributed by atoms with Gasteiger partial charge in [-0.25, -0.2) is 12.8 Å². The summed E-state index contributed by atoms with van der Waals surface area (Å²) in [4.78, 5) is 17.6. The molecular formula is C36H45F4N3O6S. The number of carbonyl (C=O) groups is 1. The van der Waals surface area contributed by atoms with E-state index in [9.17, 15) is 35.9 Å². The molecule has 9 nitrogen and oxygen atoms in total. The molecule has 0 spiro atoms. The van der Waals surface area contributed by atoms with Gasteiger partial charge in [0.25, 0.3) is 15.9 Å². The first-order valence-electron chi connectivity index (χ1n) is 16.5. The number of nitrogens with zero attached hydrogens (tertiary/aromatic N) is 2. The molecule has 274 valence electrons. The van der Waals surface area contributed by atoms with E-state index in [0.29, 0.717) is 31.7 Å². The second-order valence-corrected chi connectivity index (χ2v) is 14.6. The average Bonchev–Trinajstić information content (AvgIpc) is 3.06. The molecule has 1 aliphatic heterocycles. The standard InChI is InChI=1S/C36H45F4N3O6S/c1-24-20-43(25(2)23-44)35(45)32-19-30(41-50(46,47)31-15-12-29(37)13-16-31)14-17-33(32)49-26(3)7-5-6-18-48-34(24)22-42(4)21-27-8-10-28(11-9-27)36(38,39)40/h8-17,19,24-26,34,41,44H,5-7,18,20-23H2,1-4H3/t24-,25+,26-,34-/m0/s1. The number of ether oxygens (including phenoxy) is 2. The molecule has 0 saturated carbocycles. The highest BCUT2D eigenvalue weighted by molar-refractivity contribution is 7.92. The van der Waals surface area contributed by atoms with Crippen LogP contribution in [0.5, 0.6) is 5.75 Å². The zero-order chi connectivity index (χ0) is 36.6. The lowest BCUT2D eigenvalue weighted by Gasteiger charge is -2.36. The van der Waals surface area contributed by atoms with Gasteiger partial charge < -0.3 is 19.5 Å². The Morgan fingerprint density at radius 3 is 2.36 bits per heavy atom. The maximum absolute atomic E-state index is 14.3. The van der Waals surface area contributed by atoms with Crippen LogP contribution in [0.2, 0.25) is 0 Å². The summed E-state index contributed by atoms with van der Waals surface area (Å²) in [5.41, 5.74) is 0.178. The first-order valence-corrected chi connectivity index (χ1v) is 18.0. The number of likely N-dealkylation sites (N-methyl/N-ethyl adjacent to an activating group) is 1. The number of fused-ring (bicyclic) bond motifs is 1. The van der Waals surface area contributed by atoms with Crippen molar-refractivity contribution in [3.05, 3.63) is 89.2 Å². The van der Waals surface area contributed by atoms with Crippen LogP contribution in [0.15, 0.2) is 71.6 Å². The summed E-state index contributed by atoms with van der Waals surface area (Å²) in [6.07, 6.45) is -2.91. The van der Waals surface area contributed by atoms with E-state index in [1.807, 2.05) is 25.8 Å². The lowest BCUT2D eigenvalue weighted by atomic mass is 10.0. The molecule has 14 heteroatoms. The van der Waals surface area contributed by atoms with Gasteiger partial charge in [0.1, 0.15) is 11.6 Å². The molecule has 4 atom stereocenters. The van der Waals surface area contributed by atoms with Crippen molar-refractivity contribution in [3.8, 4) is 5.75 Å². The summed E-state index contributed by atoms with van der Waals surface area (Å²) in [6.45, 7) is 6.57. The summed E-state index contributed by atoms with van der Waals surface area (Å²) >= 11 is 0. The monoisotopic (exact) mass is 723 g/mol. The molecule has 3 aromatic rings. The van der Waals surface area contributed by atoms with Crippen LogP contribution in [0.25, 0.3) is 0 Å². The summed E-state index contributed by atoms with van der Waals surface area (Å²) in [6, 6.07) is 13.2. The van der Waals surface area contributed by atoms with E-state index < -0.39 is 39.5 Å². The van der Waals surface area contributed by atoms with Crippen LogP contribution in [-0.4, -0.2) is 80.8 Å². The molecule has 0 aliphatic carbocycles. The Hall–Kier alpha value is -3.72. The van der Waals surface area contributed by atoms with E-state index in [1.54, 1.807) is 6.92 Å². The molecule has 1 heterocycles. The Labute approximate surface area is 291 Å². The zero-order valence-corrected chi connectivity index (χ0v) is 29.4. The molecule has 1 amide bonds. The molecule has 0 saturated heterocycles. The van der Waals surface area contributed by atoms with E-state index in [2.05, 4.69) is 4.72 Å². The van der Waals surface area contributed by atoms with Gasteiger partial charge in [0.05, 0.1) is 40.9 Å². The number of amides is 1. The number of hydrogen-bond acceptors (Lipinski definition) is 7.